The Bertz CT molecular complexity index is 811. The number of hydrogen-bond acceptors (Lipinski definition) is 4. The molecule has 1 N–H and O–H groups in total. The second-order valence-corrected chi connectivity index (χ2v) is 7.14. The molecule has 0 unspecified atom stereocenters. The van der Waals surface area contributed by atoms with E-state index < -0.39 is 5.97 Å². The van der Waals surface area contributed by atoms with Gasteiger partial charge in [-0.15, -0.1) is 0 Å². The number of benzene rings is 2. The molecule has 0 spiro atoms. The van der Waals surface area contributed by atoms with Gasteiger partial charge in [-0.2, -0.15) is 0 Å². The maximum absolute atomic E-state index is 12.7. The summed E-state index contributed by atoms with van der Waals surface area (Å²) in [5.41, 5.74) is 1.33. The third-order valence-electron chi connectivity index (χ3n) is 4.01. The van der Waals surface area contributed by atoms with Gasteiger partial charge in [0.05, 0.1) is 13.2 Å². The first-order valence-corrected chi connectivity index (χ1v) is 9.97. The van der Waals surface area contributed by atoms with Crippen molar-refractivity contribution in [2.24, 2.45) is 5.92 Å². The third-order valence-corrected chi connectivity index (χ3v) is 4.01. The van der Waals surface area contributed by atoms with Crippen LogP contribution in [-0.4, -0.2) is 25.1 Å². The van der Waals surface area contributed by atoms with E-state index in [9.17, 15) is 9.59 Å². The maximum atomic E-state index is 12.7. The first-order valence-electron chi connectivity index (χ1n) is 9.97. The van der Waals surface area contributed by atoms with Crippen molar-refractivity contribution in [3.05, 3.63) is 71.4 Å². The smallest absolute Gasteiger partial charge is 0.354 e. The molecule has 5 heteroatoms. The van der Waals surface area contributed by atoms with Crippen LogP contribution in [0, 0.1) is 5.92 Å². The van der Waals surface area contributed by atoms with Crippen LogP contribution >= 0.6 is 0 Å². The predicted octanol–water partition coefficient (Wildman–Crippen LogP) is 4.84. The molecular formula is C24H29NO4. The van der Waals surface area contributed by atoms with E-state index >= 15 is 0 Å². The first-order chi connectivity index (χ1) is 14.0. The monoisotopic (exact) mass is 395 g/mol. The summed E-state index contributed by atoms with van der Waals surface area (Å²) in [6.07, 6.45) is 3.65. The summed E-state index contributed by atoms with van der Waals surface area (Å²) in [6, 6.07) is 16.2. The van der Waals surface area contributed by atoms with E-state index in [2.05, 4.69) is 12.2 Å². The molecule has 0 saturated heterocycles. The third kappa shape index (κ3) is 7.82. The number of carbonyl (C=O) groups excluding carboxylic acids is 2. The Morgan fingerprint density at radius 2 is 1.72 bits per heavy atom. The number of hydrogen-bond donors (Lipinski definition) is 1. The maximum Gasteiger partial charge on any atom is 0.354 e. The lowest BCUT2D eigenvalue weighted by Gasteiger charge is -2.12. The topological polar surface area (TPSA) is 64.6 Å². The standard InChI is InChI=1S/C24H29NO4/c1-4-5-15-28-21-13-11-20(12-14-21)23(26)25-22(24(27)29-17-18(2)3)16-19-9-7-6-8-10-19/h6-14,16,18H,4-5,15,17H2,1-3H3,(H,25,26). The fourth-order valence-electron chi connectivity index (χ4n) is 2.41. The minimum atomic E-state index is -0.560. The van der Waals surface area contributed by atoms with Crippen molar-refractivity contribution >= 4 is 18.0 Å². The molecule has 2 aromatic carbocycles. The van der Waals surface area contributed by atoms with Gasteiger partial charge >= 0.3 is 5.97 Å². The highest BCUT2D eigenvalue weighted by Crippen LogP contribution is 2.14. The normalized spacial score (nSPS) is 11.2. The van der Waals surface area contributed by atoms with Gasteiger partial charge in [-0.05, 0) is 48.2 Å². The van der Waals surface area contributed by atoms with Crippen molar-refractivity contribution in [3.63, 3.8) is 0 Å². The van der Waals surface area contributed by atoms with Crippen LogP contribution in [-0.2, 0) is 9.53 Å². The quantitative estimate of drug-likeness (QED) is 0.355. The van der Waals surface area contributed by atoms with Crippen molar-refractivity contribution in [3.8, 4) is 5.75 Å². The van der Waals surface area contributed by atoms with Gasteiger partial charge in [0.25, 0.3) is 5.91 Å². The summed E-state index contributed by atoms with van der Waals surface area (Å²) in [7, 11) is 0. The summed E-state index contributed by atoms with van der Waals surface area (Å²) in [5.74, 6) is -0.0246. The second-order valence-electron chi connectivity index (χ2n) is 7.14. The second kappa shape index (κ2) is 11.7. The molecule has 0 heterocycles. The minimum Gasteiger partial charge on any atom is -0.494 e. The van der Waals surface area contributed by atoms with Crippen LogP contribution in [0.4, 0.5) is 0 Å². The lowest BCUT2D eigenvalue weighted by molar-refractivity contribution is -0.140. The van der Waals surface area contributed by atoms with E-state index in [0.29, 0.717) is 17.9 Å². The lowest BCUT2D eigenvalue weighted by atomic mass is 10.1. The van der Waals surface area contributed by atoms with E-state index in [1.807, 2.05) is 44.2 Å². The fourth-order valence-corrected chi connectivity index (χ4v) is 2.41. The number of carbonyl (C=O) groups is 2. The Morgan fingerprint density at radius 3 is 2.34 bits per heavy atom. The van der Waals surface area contributed by atoms with Gasteiger partial charge in [0, 0.05) is 5.56 Å². The molecule has 1 amide bonds. The Balaban J connectivity index is 2.11. The van der Waals surface area contributed by atoms with Crippen molar-refractivity contribution in [1.82, 2.24) is 5.32 Å². The van der Waals surface area contributed by atoms with E-state index in [1.165, 1.54) is 0 Å². The van der Waals surface area contributed by atoms with Crippen LogP contribution in [0.3, 0.4) is 0 Å². The van der Waals surface area contributed by atoms with Gasteiger partial charge < -0.3 is 14.8 Å². The minimum absolute atomic E-state index is 0.102. The highest BCUT2D eigenvalue weighted by atomic mass is 16.5. The molecule has 0 radical (unpaired) electrons. The van der Waals surface area contributed by atoms with E-state index in [4.69, 9.17) is 9.47 Å². The zero-order chi connectivity index (χ0) is 21.1. The van der Waals surface area contributed by atoms with Crippen LogP contribution in [0.15, 0.2) is 60.3 Å². The molecule has 2 aromatic rings. The van der Waals surface area contributed by atoms with Crippen LogP contribution < -0.4 is 10.1 Å². The average Bonchev–Trinajstić information content (AvgIpc) is 2.73. The molecule has 0 saturated carbocycles. The van der Waals surface area contributed by atoms with Gasteiger partial charge in [0.1, 0.15) is 11.4 Å². The molecule has 2 rings (SSSR count). The molecule has 29 heavy (non-hydrogen) atoms. The highest BCUT2D eigenvalue weighted by Gasteiger charge is 2.16. The number of esters is 1. The Hall–Kier alpha value is -3.08. The summed E-state index contributed by atoms with van der Waals surface area (Å²) in [6.45, 7) is 6.94. The number of ether oxygens (including phenoxy) is 2. The summed E-state index contributed by atoms with van der Waals surface area (Å²) >= 11 is 0. The van der Waals surface area contributed by atoms with Crippen molar-refractivity contribution < 1.29 is 19.1 Å². The van der Waals surface area contributed by atoms with E-state index in [0.717, 1.165) is 18.4 Å². The highest BCUT2D eigenvalue weighted by molar-refractivity contribution is 6.03. The summed E-state index contributed by atoms with van der Waals surface area (Å²) in [5, 5.41) is 2.68. The number of amides is 1. The molecule has 0 aliphatic rings. The van der Waals surface area contributed by atoms with E-state index in [1.54, 1.807) is 30.3 Å². The van der Waals surface area contributed by atoms with Crippen LogP contribution in [0.1, 0.15) is 49.5 Å². The zero-order valence-corrected chi connectivity index (χ0v) is 17.3. The van der Waals surface area contributed by atoms with Gasteiger partial charge in [-0.3, -0.25) is 4.79 Å². The summed E-state index contributed by atoms with van der Waals surface area (Å²) < 4.78 is 10.9. The molecule has 0 atom stereocenters. The number of nitrogens with one attached hydrogen (secondary N) is 1. The Kier molecular flexibility index (Phi) is 8.96. The Labute approximate surface area is 172 Å². The molecule has 0 bridgehead atoms. The average molecular weight is 395 g/mol. The van der Waals surface area contributed by atoms with Gasteiger partial charge in [-0.25, -0.2) is 4.79 Å². The summed E-state index contributed by atoms with van der Waals surface area (Å²) in [4.78, 5) is 25.2. The molecule has 0 fully saturated rings. The predicted molar refractivity (Wildman–Crippen MR) is 115 cm³/mol. The molecule has 154 valence electrons. The molecule has 5 nitrogen and oxygen atoms in total. The molecule has 0 aromatic heterocycles. The largest absolute Gasteiger partial charge is 0.494 e. The van der Waals surface area contributed by atoms with Crippen LogP contribution in [0.25, 0.3) is 6.08 Å². The van der Waals surface area contributed by atoms with Gasteiger partial charge in [0.2, 0.25) is 0 Å². The van der Waals surface area contributed by atoms with Gasteiger partial charge in [0.15, 0.2) is 0 Å². The number of rotatable bonds is 10. The van der Waals surface area contributed by atoms with Crippen LogP contribution in [0.5, 0.6) is 5.75 Å². The zero-order valence-electron chi connectivity index (χ0n) is 17.3. The van der Waals surface area contributed by atoms with Crippen molar-refractivity contribution in [2.75, 3.05) is 13.2 Å². The van der Waals surface area contributed by atoms with E-state index in [-0.39, 0.29) is 24.1 Å². The lowest BCUT2D eigenvalue weighted by Crippen LogP contribution is -2.29. The van der Waals surface area contributed by atoms with Crippen LogP contribution in [0.2, 0.25) is 0 Å². The number of unbranched alkanes of at least 4 members (excludes halogenated alkanes) is 1. The SMILES string of the molecule is CCCCOc1ccc(C(=O)NC(=Cc2ccccc2)C(=O)OCC(C)C)cc1. The molecule has 0 aliphatic heterocycles. The van der Waals surface area contributed by atoms with Crippen molar-refractivity contribution in [2.45, 2.75) is 33.6 Å². The molecular weight excluding hydrogens is 366 g/mol. The molecule has 0 aliphatic carbocycles. The van der Waals surface area contributed by atoms with Crippen molar-refractivity contribution in [1.29, 1.82) is 0 Å². The van der Waals surface area contributed by atoms with Gasteiger partial charge in [-0.1, -0.05) is 57.5 Å². The Morgan fingerprint density at radius 1 is 1.03 bits per heavy atom. The fraction of sp³-hybridized carbons (Fsp3) is 0.333. The first kappa shape index (κ1) is 22.2.